The minimum Gasteiger partial charge on any atom is -0.396 e. The van der Waals surface area contributed by atoms with E-state index in [0.717, 1.165) is 31.6 Å². The van der Waals surface area contributed by atoms with Crippen LogP contribution >= 0.6 is 0 Å². The van der Waals surface area contributed by atoms with E-state index in [1.54, 1.807) is 18.6 Å². The Balaban J connectivity index is 1.65. The van der Waals surface area contributed by atoms with E-state index in [1.165, 1.54) is 0 Å². The first-order chi connectivity index (χ1) is 8.36. The number of imidazole rings is 1. The number of anilines is 2. The number of hydrogen-bond acceptors (Lipinski definition) is 4. The van der Waals surface area contributed by atoms with Gasteiger partial charge in [0.2, 0.25) is 0 Å². The highest BCUT2D eigenvalue weighted by molar-refractivity contribution is 5.63. The highest BCUT2D eigenvalue weighted by Gasteiger charge is 1.96. The molecular formula is C12H17N5. The predicted octanol–water partition coefficient (Wildman–Crippen LogP) is 1.75. The molecule has 0 aliphatic carbocycles. The minimum absolute atomic E-state index is 0.696. The summed E-state index contributed by atoms with van der Waals surface area (Å²) in [5.74, 6) is 0. The van der Waals surface area contributed by atoms with Crippen molar-refractivity contribution in [3.8, 4) is 0 Å². The van der Waals surface area contributed by atoms with E-state index in [0.29, 0.717) is 5.69 Å². The van der Waals surface area contributed by atoms with Crippen LogP contribution in [0.5, 0.6) is 0 Å². The molecule has 3 N–H and O–H groups in total. The molecule has 5 heteroatoms. The van der Waals surface area contributed by atoms with Crippen molar-refractivity contribution in [1.29, 1.82) is 0 Å². The molecule has 0 bridgehead atoms. The van der Waals surface area contributed by atoms with E-state index in [4.69, 9.17) is 5.73 Å². The Morgan fingerprint density at radius 2 is 2.18 bits per heavy atom. The Kier molecular flexibility index (Phi) is 3.96. The summed E-state index contributed by atoms with van der Waals surface area (Å²) in [5.41, 5.74) is 7.43. The van der Waals surface area contributed by atoms with Crippen LogP contribution in [0.4, 0.5) is 11.4 Å². The van der Waals surface area contributed by atoms with Crippen LogP contribution in [0.3, 0.4) is 0 Å². The first-order valence-electron chi connectivity index (χ1n) is 5.75. The Morgan fingerprint density at radius 1 is 1.24 bits per heavy atom. The third-order valence-electron chi connectivity index (χ3n) is 2.57. The maximum absolute atomic E-state index is 5.78. The van der Waals surface area contributed by atoms with Crippen LogP contribution in [0.1, 0.15) is 12.8 Å². The lowest BCUT2D eigenvalue weighted by molar-refractivity contribution is 0.621. The molecule has 0 amide bonds. The quantitative estimate of drug-likeness (QED) is 0.743. The van der Waals surface area contributed by atoms with Gasteiger partial charge in [0, 0.05) is 31.7 Å². The Labute approximate surface area is 101 Å². The lowest BCUT2D eigenvalue weighted by atomic mass is 10.3. The minimum atomic E-state index is 0.696. The van der Waals surface area contributed by atoms with Crippen LogP contribution in [-0.2, 0) is 6.54 Å². The van der Waals surface area contributed by atoms with Crippen molar-refractivity contribution in [2.45, 2.75) is 19.4 Å². The fraction of sp³-hybridized carbons (Fsp3) is 0.333. The van der Waals surface area contributed by atoms with Crippen LogP contribution in [-0.4, -0.2) is 21.1 Å². The van der Waals surface area contributed by atoms with Gasteiger partial charge in [-0.25, -0.2) is 4.98 Å². The number of pyridine rings is 1. The summed E-state index contributed by atoms with van der Waals surface area (Å²) in [6.45, 7) is 1.93. The molecular weight excluding hydrogens is 214 g/mol. The Bertz CT molecular complexity index is 438. The normalized spacial score (nSPS) is 10.4. The molecule has 2 rings (SSSR count). The number of aryl methyl sites for hydroxylation is 1. The zero-order valence-electron chi connectivity index (χ0n) is 9.71. The number of rotatable bonds is 6. The molecule has 0 aromatic carbocycles. The maximum atomic E-state index is 5.78. The molecule has 90 valence electrons. The van der Waals surface area contributed by atoms with Crippen LogP contribution in [0.2, 0.25) is 0 Å². The molecule has 5 nitrogen and oxygen atoms in total. The van der Waals surface area contributed by atoms with Gasteiger partial charge >= 0.3 is 0 Å². The van der Waals surface area contributed by atoms with Gasteiger partial charge in [-0.3, -0.25) is 4.98 Å². The van der Waals surface area contributed by atoms with Gasteiger partial charge in [-0.2, -0.15) is 0 Å². The number of nitrogens with two attached hydrogens (primary N) is 1. The first kappa shape index (κ1) is 11.4. The highest BCUT2D eigenvalue weighted by Crippen LogP contribution is 2.14. The largest absolute Gasteiger partial charge is 0.396 e. The van der Waals surface area contributed by atoms with E-state index < -0.39 is 0 Å². The second-order valence-electron chi connectivity index (χ2n) is 3.90. The summed E-state index contributed by atoms with van der Waals surface area (Å²) >= 11 is 0. The van der Waals surface area contributed by atoms with E-state index in [2.05, 4.69) is 19.9 Å². The summed E-state index contributed by atoms with van der Waals surface area (Å²) in [7, 11) is 0. The van der Waals surface area contributed by atoms with Crippen molar-refractivity contribution in [1.82, 2.24) is 14.5 Å². The monoisotopic (exact) mass is 231 g/mol. The molecule has 0 fully saturated rings. The van der Waals surface area contributed by atoms with Crippen LogP contribution in [0.25, 0.3) is 0 Å². The summed E-state index contributed by atoms with van der Waals surface area (Å²) in [5, 5.41) is 3.30. The summed E-state index contributed by atoms with van der Waals surface area (Å²) < 4.78 is 2.08. The van der Waals surface area contributed by atoms with Crippen LogP contribution in [0.15, 0.2) is 37.2 Å². The molecule has 17 heavy (non-hydrogen) atoms. The van der Waals surface area contributed by atoms with Gasteiger partial charge in [0.1, 0.15) is 0 Å². The average Bonchev–Trinajstić information content (AvgIpc) is 2.84. The number of nitrogens with one attached hydrogen (secondary N) is 1. The van der Waals surface area contributed by atoms with Crippen molar-refractivity contribution in [2.24, 2.45) is 0 Å². The molecule has 0 saturated heterocycles. The number of hydrogen-bond donors (Lipinski definition) is 2. The van der Waals surface area contributed by atoms with Gasteiger partial charge in [0.15, 0.2) is 0 Å². The third-order valence-corrected chi connectivity index (χ3v) is 2.57. The zero-order chi connectivity index (χ0) is 11.9. The smallest absolute Gasteiger partial charge is 0.0945 e. The van der Waals surface area contributed by atoms with Gasteiger partial charge in [-0.15, -0.1) is 0 Å². The van der Waals surface area contributed by atoms with Crippen molar-refractivity contribution < 1.29 is 0 Å². The molecule has 0 aliphatic rings. The zero-order valence-corrected chi connectivity index (χ0v) is 9.71. The molecule has 0 spiro atoms. The maximum Gasteiger partial charge on any atom is 0.0945 e. The van der Waals surface area contributed by atoms with E-state index >= 15 is 0 Å². The van der Waals surface area contributed by atoms with Crippen molar-refractivity contribution in [2.75, 3.05) is 17.6 Å². The number of nitrogen functional groups attached to an aromatic ring is 1. The average molecular weight is 231 g/mol. The fourth-order valence-electron chi connectivity index (χ4n) is 1.63. The van der Waals surface area contributed by atoms with E-state index in [9.17, 15) is 0 Å². The fourth-order valence-corrected chi connectivity index (χ4v) is 1.63. The first-order valence-corrected chi connectivity index (χ1v) is 5.75. The van der Waals surface area contributed by atoms with Crippen LogP contribution < -0.4 is 11.1 Å². The van der Waals surface area contributed by atoms with Crippen molar-refractivity contribution >= 4 is 11.4 Å². The molecule has 2 aromatic heterocycles. The van der Waals surface area contributed by atoms with Gasteiger partial charge in [0.05, 0.1) is 23.9 Å². The lowest BCUT2D eigenvalue weighted by Crippen LogP contribution is -2.05. The van der Waals surface area contributed by atoms with E-state index in [-0.39, 0.29) is 0 Å². The number of aromatic nitrogens is 3. The van der Waals surface area contributed by atoms with E-state index in [1.807, 2.05) is 18.6 Å². The second kappa shape index (κ2) is 5.89. The molecule has 0 atom stereocenters. The standard InChI is InChI=1S/C12H17N5/c13-11-9-14-5-3-12(11)16-4-1-2-7-17-8-6-15-10-17/h3,5-6,8-10H,1-2,4,7,13H2,(H,14,16). The van der Waals surface area contributed by atoms with Crippen molar-refractivity contribution in [3.63, 3.8) is 0 Å². The predicted molar refractivity (Wildman–Crippen MR) is 68.6 cm³/mol. The third kappa shape index (κ3) is 3.48. The SMILES string of the molecule is Nc1cnccc1NCCCCn1ccnc1. The summed E-state index contributed by atoms with van der Waals surface area (Å²) in [6.07, 6.45) is 11.2. The molecule has 2 aromatic rings. The molecule has 0 radical (unpaired) electrons. The summed E-state index contributed by atoms with van der Waals surface area (Å²) in [6, 6.07) is 1.89. The number of nitrogens with zero attached hydrogens (tertiary/aromatic N) is 3. The molecule has 2 heterocycles. The highest BCUT2D eigenvalue weighted by atomic mass is 15.0. The van der Waals surface area contributed by atoms with Crippen LogP contribution in [0, 0.1) is 0 Å². The molecule has 0 saturated carbocycles. The molecule has 0 aliphatic heterocycles. The lowest BCUT2D eigenvalue weighted by Gasteiger charge is -2.08. The van der Waals surface area contributed by atoms with Gasteiger partial charge in [0.25, 0.3) is 0 Å². The topological polar surface area (TPSA) is 68.8 Å². The number of unbranched alkanes of at least 4 members (excludes halogenated alkanes) is 1. The summed E-state index contributed by atoms with van der Waals surface area (Å²) in [4.78, 5) is 7.95. The van der Waals surface area contributed by atoms with Crippen molar-refractivity contribution in [3.05, 3.63) is 37.2 Å². The van der Waals surface area contributed by atoms with Gasteiger partial charge in [-0.05, 0) is 18.9 Å². The Morgan fingerprint density at radius 3 is 2.94 bits per heavy atom. The van der Waals surface area contributed by atoms with Gasteiger partial charge < -0.3 is 15.6 Å². The second-order valence-corrected chi connectivity index (χ2v) is 3.90. The van der Waals surface area contributed by atoms with Gasteiger partial charge in [-0.1, -0.05) is 0 Å². The molecule has 0 unspecified atom stereocenters. The Hall–Kier alpha value is -2.04.